The summed E-state index contributed by atoms with van der Waals surface area (Å²) in [7, 11) is -3.62. The number of carboxylic acids is 1. The van der Waals surface area contributed by atoms with Crippen LogP contribution in [0.2, 0.25) is 0 Å². The van der Waals surface area contributed by atoms with Crippen LogP contribution in [0, 0.1) is 5.92 Å². The fourth-order valence-corrected chi connectivity index (χ4v) is 2.53. The van der Waals surface area contributed by atoms with Crippen LogP contribution in [0.25, 0.3) is 0 Å². The van der Waals surface area contributed by atoms with Crippen LogP contribution in [0.4, 0.5) is 0 Å². The Balaban J connectivity index is 2.76. The zero-order chi connectivity index (χ0) is 14.5. The van der Waals surface area contributed by atoms with E-state index in [4.69, 9.17) is 10.2 Å². The Hall–Kier alpha value is -1.44. The van der Waals surface area contributed by atoms with E-state index < -0.39 is 16.0 Å². The maximum atomic E-state index is 11.9. The molecule has 0 bridgehead atoms. The van der Waals surface area contributed by atoms with Crippen LogP contribution in [0.3, 0.4) is 0 Å². The number of aliphatic hydroxyl groups is 1. The van der Waals surface area contributed by atoms with Crippen LogP contribution in [0.5, 0.6) is 0 Å². The van der Waals surface area contributed by atoms with Crippen LogP contribution in [0.1, 0.15) is 12.5 Å². The van der Waals surface area contributed by atoms with Crippen molar-refractivity contribution in [3.05, 3.63) is 29.8 Å². The first-order valence-corrected chi connectivity index (χ1v) is 7.24. The van der Waals surface area contributed by atoms with Gasteiger partial charge in [0.2, 0.25) is 10.0 Å². The van der Waals surface area contributed by atoms with E-state index in [9.17, 15) is 13.2 Å². The lowest BCUT2D eigenvalue weighted by molar-refractivity contribution is -0.136. The third-order valence-corrected chi connectivity index (χ3v) is 3.96. The minimum absolute atomic E-state index is 0.0757. The zero-order valence-electron chi connectivity index (χ0n) is 10.5. The highest BCUT2D eigenvalue weighted by atomic mass is 32.2. The fraction of sp³-hybridized carbons (Fsp3) is 0.417. The van der Waals surface area contributed by atoms with Crippen molar-refractivity contribution in [2.75, 3.05) is 13.2 Å². The minimum atomic E-state index is -3.62. The molecule has 0 radical (unpaired) electrons. The molecule has 1 atom stereocenters. The van der Waals surface area contributed by atoms with Crippen molar-refractivity contribution in [2.24, 2.45) is 5.92 Å². The number of nitrogens with one attached hydrogen (secondary N) is 1. The van der Waals surface area contributed by atoms with Gasteiger partial charge in [0, 0.05) is 13.2 Å². The predicted molar refractivity (Wildman–Crippen MR) is 69.2 cm³/mol. The van der Waals surface area contributed by atoms with Gasteiger partial charge in [0.1, 0.15) is 0 Å². The molecule has 0 saturated heterocycles. The first-order chi connectivity index (χ1) is 8.85. The summed E-state index contributed by atoms with van der Waals surface area (Å²) in [5.41, 5.74) is 0.537. The lowest BCUT2D eigenvalue weighted by Crippen LogP contribution is -2.29. The SMILES string of the molecule is CC(CO)CNS(=O)(=O)c1ccc(CC(=O)O)cc1. The second-order valence-electron chi connectivity index (χ2n) is 4.35. The first-order valence-electron chi connectivity index (χ1n) is 5.76. The van der Waals surface area contributed by atoms with Crippen molar-refractivity contribution in [1.29, 1.82) is 0 Å². The number of aliphatic hydroxyl groups excluding tert-OH is 1. The average molecular weight is 287 g/mol. The third kappa shape index (κ3) is 4.98. The van der Waals surface area contributed by atoms with Crippen LogP contribution < -0.4 is 4.72 Å². The number of sulfonamides is 1. The number of carbonyl (C=O) groups is 1. The van der Waals surface area contributed by atoms with Crippen LogP contribution in [0.15, 0.2) is 29.2 Å². The van der Waals surface area contributed by atoms with E-state index in [2.05, 4.69) is 4.72 Å². The molecule has 1 aromatic rings. The monoisotopic (exact) mass is 287 g/mol. The van der Waals surface area contributed by atoms with Gasteiger partial charge in [-0.05, 0) is 23.6 Å². The number of aliphatic carboxylic acids is 1. The molecule has 0 aliphatic heterocycles. The van der Waals surface area contributed by atoms with Gasteiger partial charge in [0.25, 0.3) is 0 Å². The number of hydrogen-bond donors (Lipinski definition) is 3. The molecule has 0 saturated carbocycles. The first kappa shape index (κ1) is 15.6. The number of benzene rings is 1. The van der Waals surface area contributed by atoms with Crippen LogP contribution >= 0.6 is 0 Å². The van der Waals surface area contributed by atoms with Crippen molar-refractivity contribution in [3.8, 4) is 0 Å². The summed E-state index contributed by atoms with van der Waals surface area (Å²) in [5, 5.41) is 17.4. The van der Waals surface area contributed by atoms with Gasteiger partial charge in [0.05, 0.1) is 11.3 Å². The van der Waals surface area contributed by atoms with Gasteiger partial charge in [-0.15, -0.1) is 0 Å². The standard InChI is InChI=1S/C12H17NO5S/c1-9(8-14)7-13-19(17,18)11-4-2-10(3-5-11)6-12(15)16/h2-5,9,13-14H,6-8H2,1H3,(H,15,16). The van der Waals surface area contributed by atoms with Gasteiger partial charge in [-0.2, -0.15) is 0 Å². The molecular weight excluding hydrogens is 270 g/mol. The summed E-state index contributed by atoms with van der Waals surface area (Å²) in [6.45, 7) is 1.77. The maximum absolute atomic E-state index is 11.9. The molecule has 0 aliphatic carbocycles. The second-order valence-corrected chi connectivity index (χ2v) is 6.12. The Labute approximate surface area is 112 Å². The highest BCUT2D eigenvalue weighted by molar-refractivity contribution is 7.89. The highest BCUT2D eigenvalue weighted by Gasteiger charge is 2.15. The van der Waals surface area contributed by atoms with Gasteiger partial charge in [-0.3, -0.25) is 4.79 Å². The maximum Gasteiger partial charge on any atom is 0.307 e. The smallest absolute Gasteiger partial charge is 0.307 e. The number of carboxylic acid groups (broad SMARTS) is 1. The van der Waals surface area contributed by atoms with E-state index in [0.29, 0.717) is 5.56 Å². The van der Waals surface area contributed by atoms with Crippen molar-refractivity contribution in [2.45, 2.75) is 18.2 Å². The molecule has 1 rings (SSSR count). The van der Waals surface area contributed by atoms with E-state index in [1.165, 1.54) is 24.3 Å². The van der Waals surface area contributed by atoms with E-state index in [1.54, 1.807) is 6.92 Å². The molecule has 1 aromatic carbocycles. The molecule has 0 heterocycles. The molecule has 0 spiro atoms. The fourth-order valence-electron chi connectivity index (χ4n) is 1.36. The summed E-state index contributed by atoms with van der Waals surface area (Å²) in [6, 6.07) is 5.67. The summed E-state index contributed by atoms with van der Waals surface area (Å²) in [5.74, 6) is -1.13. The van der Waals surface area contributed by atoms with Gasteiger partial charge in [0.15, 0.2) is 0 Å². The highest BCUT2D eigenvalue weighted by Crippen LogP contribution is 2.11. The topological polar surface area (TPSA) is 104 Å². The van der Waals surface area contributed by atoms with Crippen molar-refractivity contribution >= 4 is 16.0 Å². The molecule has 3 N–H and O–H groups in total. The van der Waals surface area contributed by atoms with E-state index in [-0.39, 0.29) is 30.4 Å². The quantitative estimate of drug-likeness (QED) is 0.665. The van der Waals surface area contributed by atoms with Gasteiger partial charge in [-0.25, -0.2) is 13.1 Å². The van der Waals surface area contributed by atoms with Crippen molar-refractivity contribution < 1.29 is 23.4 Å². The summed E-state index contributed by atoms with van der Waals surface area (Å²) >= 11 is 0. The number of rotatable bonds is 7. The van der Waals surface area contributed by atoms with Crippen molar-refractivity contribution in [3.63, 3.8) is 0 Å². The third-order valence-electron chi connectivity index (χ3n) is 2.52. The Bertz CT molecular complexity index is 524. The molecule has 0 fully saturated rings. The Morgan fingerprint density at radius 2 is 1.89 bits per heavy atom. The Morgan fingerprint density at radius 3 is 2.37 bits per heavy atom. The van der Waals surface area contributed by atoms with Gasteiger partial charge in [-0.1, -0.05) is 19.1 Å². The lowest BCUT2D eigenvalue weighted by atomic mass is 10.2. The molecule has 0 amide bonds. The molecule has 19 heavy (non-hydrogen) atoms. The van der Waals surface area contributed by atoms with Crippen LogP contribution in [-0.2, 0) is 21.2 Å². The molecule has 0 aromatic heterocycles. The predicted octanol–water partition coefficient (Wildman–Crippen LogP) is 0.220. The Morgan fingerprint density at radius 1 is 1.32 bits per heavy atom. The summed E-state index contributed by atoms with van der Waals surface area (Å²) in [4.78, 5) is 10.6. The zero-order valence-corrected chi connectivity index (χ0v) is 11.4. The lowest BCUT2D eigenvalue weighted by Gasteiger charge is -2.10. The van der Waals surface area contributed by atoms with E-state index >= 15 is 0 Å². The van der Waals surface area contributed by atoms with Gasteiger partial charge < -0.3 is 10.2 Å². The largest absolute Gasteiger partial charge is 0.481 e. The molecule has 106 valence electrons. The molecule has 1 unspecified atom stereocenters. The second kappa shape index (κ2) is 6.65. The summed E-state index contributed by atoms with van der Waals surface area (Å²) in [6.07, 6.45) is -0.144. The molecule has 6 nitrogen and oxygen atoms in total. The van der Waals surface area contributed by atoms with Crippen LogP contribution in [-0.4, -0.2) is 37.8 Å². The normalized spacial score (nSPS) is 13.2. The van der Waals surface area contributed by atoms with E-state index in [1.807, 2.05) is 0 Å². The minimum Gasteiger partial charge on any atom is -0.481 e. The molecule has 7 heteroatoms. The Kier molecular flexibility index (Phi) is 5.46. The molecule has 0 aliphatic rings. The molecular formula is C12H17NO5S. The summed E-state index contributed by atoms with van der Waals surface area (Å²) < 4.78 is 26.1. The van der Waals surface area contributed by atoms with Crippen molar-refractivity contribution in [1.82, 2.24) is 4.72 Å². The average Bonchev–Trinajstić information content (AvgIpc) is 2.36. The van der Waals surface area contributed by atoms with E-state index in [0.717, 1.165) is 0 Å². The van der Waals surface area contributed by atoms with Gasteiger partial charge >= 0.3 is 5.97 Å². The number of hydrogen-bond acceptors (Lipinski definition) is 4.